The number of hydrogen-bond donors (Lipinski definition) is 1. The van der Waals surface area contributed by atoms with Gasteiger partial charge in [0, 0.05) is 12.1 Å². The number of fused-ring (bicyclic) bond motifs is 1. The van der Waals surface area contributed by atoms with Gasteiger partial charge in [0.25, 0.3) is 0 Å². The summed E-state index contributed by atoms with van der Waals surface area (Å²) in [4.78, 5) is 0. The topological polar surface area (TPSA) is 25.2 Å². The van der Waals surface area contributed by atoms with Gasteiger partial charge < -0.3 is 9.73 Å². The number of rotatable bonds is 5. The Hall–Kier alpha value is -1.42. The van der Waals surface area contributed by atoms with Crippen LogP contribution < -0.4 is 5.32 Å². The second kappa shape index (κ2) is 5.48. The van der Waals surface area contributed by atoms with Gasteiger partial charge in [-0.05, 0) is 19.0 Å². The molecule has 0 aliphatic heterocycles. The summed E-state index contributed by atoms with van der Waals surface area (Å²) in [6, 6.07) is 3.81. The highest BCUT2D eigenvalue weighted by atomic mass is 19.1. The van der Waals surface area contributed by atoms with E-state index in [-0.39, 0.29) is 11.6 Å². The molecule has 0 saturated carbocycles. The van der Waals surface area contributed by atoms with E-state index in [1.54, 1.807) is 6.07 Å². The predicted molar refractivity (Wildman–Crippen MR) is 67.5 cm³/mol. The van der Waals surface area contributed by atoms with Gasteiger partial charge in [-0.2, -0.15) is 0 Å². The molecule has 1 N–H and O–H groups in total. The fraction of sp³-hybridized carbons (Fsp3) is 0.429. The fourth-order valence-corrected chi connectivity index (χ4v) is 2.14. The van der Waals surface area contributed by atoms with E-state index in [4.69, 9.17) is 4.42 Å². The molecule has 0 aliphatic carbocycles. The summed E-state index contributed by atoms with van der Waals surface area (Å²) in [5.41, 5.74) is 0.265. The third-order valence-corrected chi connectivity index (χ3v) is 2.94. The predicted octanol–water partition coefficient (Wildman–Crippen LogP) is 4.16. The van der Waals surface area contributed by atoms with Crippen LogP contribution in [0.25, 0.3) is 11.0 Å². The van der Waals surface area contributed by atoms with E-state index in [0.717, 1.165) is 25.5 Å². The molecule has 1 aromatic carbocycles. The summed E-state index contributed by atoms with van der Waals surface area (Å²) in [5, 5.41) is 3.62. The molecule has 1 aromatic heterocycles. The zero-order valence-corrected chi connectivity index (χ0v) is 10.6. The second-order valence-electron chi connectivity index (χ2n) is 4.35. The van der Waals surface area contributed by atoms with Crippen molar-refractivity contribution in [3.63, 3.8) is 0 Å². The van der Waals surface area contributed by atoms with E-state index in [1.165, 1.54) is 6.07 Å². The van der Waals surface area contributed by atoms with Gasteiger partial charge in [0.1, 0.15) is 23.0 Å². The van der Waals surface area contributed by atoms with Crippen LogP contribution in [0.5, 0.6) is 0 Å². The Bertz CT molecular complexity index is 530. The highest BCUT2D eigenvalue weighted by Crippen LogP contribution is 2.28. The first-order valence-corrected chi connectivity index (χ1v) is 6.27. The van der Waals surface area contributed by atoms with Crippen LogP contribution in [-0.4, -0.2) is 6.54 Å². The zero-order valence-electron chi connectivity index (χ0n) is 10.6. The summed E-state index contributed by atoms with van der Waals surface area (Å²) in [7, 11) is 0. The molecule has 0 saturated heterocycles. The molecule has 2 aromatic rings. The quantitative estimate of drug-likeness (QED) is 0.865. The molecule has 1 atom stereocenters. The van der Waals surface area contributed by atoms with Crippen LogP contribution in [0.2, 0.25) is 0 Å². The van der Waals surface area contributed by atoms with Crippen LogP contribution in [0.1, 0.15) is 38.5 Å². The maximum absolute atomic E-state index is 13.6. The third kappa shape index (κ3) is 2.53. The standard InChI is InChI=1S/C14H17F2NO/c1-3-5-12(17-4-2)14-8-10-11(16)6-9(15)7-13(10)18-14/h6-8,12,17H,3-5H2,1-2H3. The van der Waals surface area contributed by atoms with Crippen molar-refractivity contribution < 1.29 is 13.2 Å². The molecular weight excluding hydrogens is 236 g/mol. The van der Waals surface area contributed by atoms with Crippen molar-refractivity contribution in [3.8, 4) is 0 Å². The van der Waals surface area contributed by atoms with E-state index in [0.29, 0.717) is 11.1 Å². The smallest absolute Gasteiger partial charge is 0.140 e. The second-order valence-corrected chi connectivity index (χ2v) is 4.35. The summed E-state index contributed by atoms with van der Waals surface area (Å²) in [5.74, 6) is -0.527. The lowest BCUT2D eigenvalue weighted by Gasteiger charge is -2.13. The number of hydrogen-bond acceptors (Lipinski definition) is 2. The highest BCUT2D eigenvalue weighted by molar-refractivity contribution is 5.78. The molecule has 1 heterocycles. The number of halogens is 2. The first kappa shape index (κ1) is 13.0. The van der Waals surface area contributed by atoms with Crippen molar-refractivity contribution in [3.05, 3.63) is 35.6 Å². The van der Waals surface area contributed by atoms with Crippen LogP contribution in [0.15, 0.2) is 22.6 Å². The average Bonchev–Trinajstić information content (AvgIpc) is 2.72. The monoisotopic (exact) mass is 253 g/mol. The van der Waals surface area contributed by atoms with Gasteiger partial charge in [-0.1, -0.05) is 20.3 Å². The lowest BCUT2D eigenvalue weighted by Crippen LogP contribution is -2.20. The molecule has 0 fully saturated rings. The van der Waals surface area contributed by atoms with Crippen LogP contribution in [-0.2, 0) is 0 Å². The maximum atomic E-state index is 13.6. The van der Waals surface area contributed by atoms with Crippen molar-refractivity contribution in [2.45, 2.75) is 32.7 Å². The molecule has 2 nitrogen and oxygen atoms in total. The Morgan fingerprint density at radius 1 is 1.22 bits per heavy atom. The molecule has 0 bridgehead atoms. The molecule has 0 radical (unpaired) electrons. The minimum atomic E-state index is -0.614. The maximum Gasteiger partial charge on any atom is 0.140 e. The normalized spacial score (nSPS) is 13.1. The largest absolute Gasteiger partial charge is 0.459 e. The lowest BCUT2D eigenvalue weighted by atomic mass is 10.1. The summed E-state index contributed by atoms with van der Waals surface area (Å²) in [6.07, 6.45) is 1.89. The molecule has 0 amide bonds. The van der Waals surface area contributed by atoms with E-state index in [9.17, 15) is 8.78 Å². The van der Waals surface area contributed by atoms with Crippen LogP contribution in [0, 0.1) is 11.6 Å². The van der Waals surface area contributed by atoms with Gasteiger partial charge in [-0.15, -0.1) is 0 Å². The Morgan fingerprint density at radius 2 is 2.00 bits per heavy atom. The minimum Gasteiger partial charge on any atom is -0.459 e. The Labute approximate surface area is 105 Å². The zero-order chi connectivity index (χ0) is 13.1. The molecule has 2 rings (SSSR count). The Kier molecular flexibility index (Phi) is 3.97. The van der Waals surface area contributed by atoms with Gasteiger partial charge in [0.15, 0.2) is 0 Å². The summed E-state index contributed by atoms with van der Waals surface area (Å²) >= 11 is 0. The number of benzene rings is 1. The molecule has 98 valence electrons. The van der Waals surface area contributed by atoms with Crippen LogP contribution in [0.4, 0.5) is 8.78 Å². The fourth-order valence-electron chi connectivity index (χ4n) is 2.14. The summed E-state index contributed by atoms with van der Waals surface area (Å²) < 4.78 is 32.2. The van der Waals surface area contributed by atoms with E-state index in [2.05, 4.69) is 12.2 Å². The number of furan rings is 1. The SMILES string of the molecule is CCCC(NCC)c1cc2c(F)cc(F)cc2o1. The van der Waals surface area contributed by atoms with Crippen molar-refractivity contribution in [2.24, 2.45) is 0 Å². The van der Waals surface area contributed by atoms with Crippen LogP contribution >= 0.6 is 0 Å². The first-order chi connectivity index (χ1) is 8.65. The van der Waals surface area contributed by atoms with Crippen molar-refractivity contribution in [1.82, 2.24) is 5.32 Å². The Morgan fingerprint density at radius 3 is 2.67 bits per heavy atom. The van der Waals surface area contributed by atoms with Crippen molar-refractivity contribution >= 4 is 11.0 Å². The minimum absolute atomic E-state index is 0.0508. The molecule has 18 heavy (non-hydrogen) atoms. The molecule has 1 unspecified atom stereocenters. The lowest BCUT2D eigenvalue weighted by molar-refractivity contribution is 0.414. The van der Waals surface area contributed by atoms with Gasteiger partial charge in [-0.3, -0.25) is 0 Å². The molecule has 0 spiro atoms. The van der Waals surface area contributed by atoms with Gasteiger partial charge in [0.2, 0.25) is 0 Å². The van der Waals surface area contributed by atoms with Crippen molar-refractivity contribution in [1.29, 1.82) is 0 Å². The van der Waals surface area contributed by atoms with E-state index in [1.807, 2.05) is 6.92 Å². The first-order valence-electron chi connectivity index (χ1n) is 6.27. The van der Waals surface area contributed by atoms with E-state index >= 15 is 0 Å². The Balaban J connectivity index is 2.41. The highest BCUT2D eigenvalue weighted by Gasteiger charge is 2.17. The van der Waals surface area contributed by atoms with Crippen LogP contribution in [0.3, 0.4) is 0 Å². The molecule has 0 aliphatic rings. The van der Waals surface area contributed by atoms with Gasteiger partial charge >= 0.3 is 0 Å². The molecule has 4 heteroatoms. The number of nitrogens with one attached hydrogen (secondary N) is 1. The van der Waals surface area contributed by atoms with Crippen molar-refractivity contribution in [2.75, 3.05) is 6.54 Å². The van der Waals surface area contributed by atoms with Gasteiger partial charge in [-0.25, -0.2) is 8.78 Å². The van der Waals surface area contributed by atoms with Gasteiger partial charge in [0.05, 0.1) is 11.4 Å². The molecular formula is C14H17F2NO. The van der Waals surface area contributed by atoms with E-state index < -0.39 is 11.6 Å². The third-order valence-electron chi connectivity index (χ3n) is 2.94. The summed E-state index contributed by atoms with van der Waals surface area (Å²) in [6.45, 7) is 4.89. The average molecular weight is 253 g/mol.